The van der Waals surface area contributed by atoms with Gasteiger partial charge in [0.25, 0.3) is 0 Å². The van der Waals surface area contributed by atoms with Gasteiger partial charge in [0.05, 0.1) is 18.6 Å². The summed E-state index contributed by atoms with van der Waals surface area (Å²) in [6.07, 6.45) is 3.23. The summed E-state index contributed by atoms with van der Waals surface area (Å²) in [4.78, 5) is 16.0. The number of ether oxygens (including phenoxy) is 1. The molecule has 2 N–H and O–H groups in total. The van der Waals surface area contributed by atoms with Crippen LogP contribution in [0.25, 0.3) is 0 Å². The largest absolute Gasteiger partial charge is 0.373 e. The summed E-state index contributed by atoms with van der Waals surface area (Å²) in [6, 6.07) is 2.13. The highest BCUT2D eigenvalue weighted by Gasteiger charge is 2.32. The zero-order valence-corrected chi connectivity index (χ0v) is 13.0. The lowest BCUT2D eigenvalue weighted by atomic mass is 9.86. The Balaban J connectivity index is 0.00000147. The molecule has 3 rings (SSSR count). The fraction of sp³-hybridized carbons (Fsp3) is 0.643. The molecule has 1 fully saturated rings. The first-order chi connectivity index (χ1) is 9.29. The average molecular weight is 317 g/mol. The number of rotatable bonds is 2. The van der Waals surface area contributed by atoms with Gasteiger partial charge in [0.15, 0.2) is 0 Å². The molecule has 1 aromatic rings. The Kier molecular flexibility index (Phi) is 5.43. The van der Waals surface area contributed by atoms with Crippen LogP contribution in [0.3, 0.4) is 0 Å². The van der Waals surface area contributed by atoms with E-state index in [2.05, 4.69) is 11.4 Å². The summed E-state index contributed by atoms with van der Waals surface area (Å²) in [7, 11) is 0. The van der Waals surface area contributed by atoms with Crippen LogP contribution in [0.2, 0.25) is 0 Å². The molecule has 0 bridgehead atoms. The maximum atomic E-state index is 12.7. The molecular weight excluding hydrogens is 296 g/mol. The van der Waals surface area contributed by atoms with Crippen LogP contribution >= 0.6 is 23.7 Å². The number of nitrogens with two attached hydrogens (primary N) is 1. The van der Waals surface area contributed by atoms with Crippen molar-refractivity contribution in [3.05, 3.63) is 21.9 Å². The zero-order valence-electron chi connectivity index (χ0n) is 11.4. The van der Waals surface area contributed by atoms with E-state index in [0.717, 1.165) is 19.3 Å². The van der Waals surface area contributed by atoms with Crippen molar-refractivity contribution < 1.29 is 9.53 Å². The van der Waals surface area contributed by atoms with Gasteiger partial charge < -0.3 is 15.4 Å². The lowest BCUT2D eigenvalue weighted by molar-refractivity contribution is -0.140. The summed E-state index contributed by atoms with van der Waals surface area (Å²) >= 11 is 1.78. The number of carbonyl (C=O) groups is 1. The molecule has 2 aliphatic rings. The minimum absolute atomic E-state index is 0. The van der Waals surface area contributed by atoms with Crippen molar-refractivity contribution in [3.63, 3.8) is 0 Å². The first-order valence-electron chi connectivity index (χ1n) is 6.96. The molecule has 1 amide bonds. The van der Waals surface area contributed by atoms with E-state index in [0.29, 0.717) is 26.2 Å². The van der Waals surface area contributed by atoms with Crippen molar-refractivity contribution in [1.82, 2.24) is 4.90 Å². The van der Waals surface area contributed by atoms with E-state index < -0.39 is 0 Å². The van der Waals surface area contributed by atoms with Crippen LogP contribution in [0.5, 0.6) is 0 Å². The molecular formula is C14H21ClN2O2S. The highest BCUT2D eigenvalue weighted by Crippen LogP contribution is 2.36. The monoisotopic (exact) mass is 316 g/mol. The Bertz CT molecular complexity index is 466. The van der Waals surface area contributed by atoms with Crippen molar-refractivity contribution >= 4 is 29.7 Å². The second-order valence-corrected chi connectivity index (χ2v) is 6.26. The number of thiophene rings is 1. The molecule has 1 aliphatic heterocycles. The summed E-state index contributed by atoms with van der Waals surface area (Å²) in [5, 5.41) is 2.11. The Labute approximate surface area is 129 Å². The van der Waals surface area contributed by atoms with Gasteiger partial charge in [0.1, 0.15) is 0 Å². The maximum Gasteiger partial charge on any atom is 0.230 e. The van der Waals surface area contributed by atoms with E-state index in [1.165, 1.54) is 10.4 Å². The van der Waals surface area contributed by atoms with Gasteiger partial charge in [-0.05, 0) is 36.3 Å². The van der Waals surface area contributed by atoms with Crippen LogP contribution in [0, 0.1) is 0 Å². The quantitative estimate of drug-likeness (QED) is 0.905. The molecule has 0 spiro atoms. The van der Waals surface area contributed by atoms with Gasteiger partial charge in [-0.1, -0.05) is 0 Å². The lowest BCUT2D eigenvalue weighted by Crippen LogP contribution is -2.49. The van der Waals surface area contributed by atoms with Gasteiger partial charge in [0.2, 0.25) is 5.91 Å². The normalized spacial score (nSPS) is 25.8. The SMILES string of the molecule is Cl.NCC1CN(C(=O)C2CCCc3sccc32)CCO1. The molecule has 1 aliphatic carbocycles. The Morgan fingerprint density at radius 2 is 2.40 bits per heavy atom. The van der Waals surface area contributed by atoms with E-state index in [-0.39, 0.29) is 30.3 Å². The van der Waals surface area contributed by atoms with Crippen molar-refractivity contribution in [2.24, 2.45) is 5.73 Å². The first kappa shape index (κ1) is 15.8. The van der Waals surface area contributed by atoms with Crippen LogP contribution in [-0.2, 0) is 16.0 Å². The minimum atomic E-state index is 0. The minimum Gasteiger partial charge on any atom is -0.373 e. The molecule has 4 nitrogen and oxygen atoms in total. The van der Waals surface area contributed by atoms with E-state index in [1.54, 1.807) is 11.3 Å². The third-order valence-electron chi connectivity index (χ3n) is 4.06. The summed E-state index contributed by atoms with van der Waals surface area (Å²) in [6.45, 7) is 2.44. The second kappa shape index (κ2) is 6.89. The molecule has 6 heteroatoms. The number of hydrogen-bond donors (Lipinski definition) is 1. The molecule has 0 radical (unpaired) electrons. The number of carbonyl (C=O) groups excluding carboxylic acids is 1. The maximum absolute atomic E-state index is 12.7. The van der Waals surface area contributed by atoms with E-state index in [1.807, 2.05) is 4.90 Å². The molecule has 1 aromatic heterocycles. The number of fused-ring (bicyclic) bond motifs is 1. The number of hydrogen-bond acceptors (Lipinski definition) is 4. The lowest BCUT2D eigenvalue weighted by Gasteiger charge is -2.35. The molecule has 2 atom stereocenters. The van der Waals surface area contributed by atoms with Crippen LogP contribution in [0.15, 0.2) is 11.4 Å². The van der Waals surface area contributed by atoms with Crippen molar-refractivity contribution in [1.29, 1.82) is 0 Å². The standard InChI is InChI=1S/C14H20N2O2S.ClH/c15-8-10-9-16(5-6-18-10)14(17)12-2-1-3-13-11(12)4-7-19-13;/h4,7,10,12H,1-3,5-6,8-9,15H2;1H. The molecule has 2 heterocycles. The number of morpholine rings is 1. The molecule has 2 unspecified atom stereocenters. The second-order valence-electron chi connectivity index (χ2n) is 5.26. The average Bonchev–Trinajstić information content (AvgIpc) is 2.95. The zero-order chi connectivity index (χ0) is 13.2. The van der Waals surface area contributed by atoms with Crippen molar-refractivity contribution in [2.75, 3.05) is 26.2 Å². The van der Waals surface area contributed by atoms with Gasteiger partial charge in [0, 0.05) is 24.5 Å². The first-order valence-corrected chi connectivity index (χ1v) is 7.84. The fourth-order valence-electron chi connectivity index (χ4n) is 3.03. The van der Waals surface area contributed by atoms with Crippen molar-refractivity contribution in [3.8, 4) is 0 Å². The fourth-order valence-corrected chi connectivity index (χ4v) is 4.01. The third kappa shape index (κ3) is 3.01. The van der Waals surface area contributed by atoms with E-state index in [4.69, 9.17) is 10.5 Å². The van der Waals surface area contributed by atoms with Gasteiger partial charge in [-0.25, -0.2) is 0 Å². The number of nitrogens with zero attached hydrogens (tertiary/aromatic N) is 1. The summed E-state index contributed by atoms with van der Waals surface area (Å²) in [5.74, 6) is 0.327. The highest BCUT2D eigenvalue weighted by atomic mass is 35.5. The molecule has 0 aromatic carbocycles. The third-order valence-corrected chi connectivity index (χ3v) is 5.06. The Morgan fingerprint density at radius 1 is 1.55 bits per heavy atom. The predicted molar refractivity (Wildman–Crippen MR) is 82.6 cm³/mol. The topological polar surface area (TPSA) is 55.6 Å². The molecule has 0 saturated carbocycles. The molecule has 112 valence electrons. The van der Waals surface area contributed by atoms with Gasteiger partial charge in [-0.2, -0.15) is 0 Å². The molecule has 20 heavy (non-hydrogen) atoms. The van der Waals surface area contributed by atoms with Crippen LogP contribution in [0.4, 0.5) is 0 Å². The molecule has 1 saturated heterocycles. The summed E-state index contributed by atoms with van der Waals surface area (Å²) < 4.78 is 5.53. The Hall–Kier alpha value is -0.620. The Morgan fingerprint density at radius 3 is 3.20 bits per heavy atom. The van der Waals surface area contributed by atoms with Gasteiger partial charge in [-0.15, -0.1) is 23.7 Å². The highest BCUT2D eigenvalue weighted by molar-refractivity contribution is 7.10. The smallest absolute Gasteiger partial charge is 0.230 e. The number of halogens is 1. The van der Waals surface area contributed by atoms with E-state index in [9.17, 15) is 4.79 Å². The van der Waals surface area contributed by atoms with Crippen LogP contribution in [0.1, 0.15) is 29.2 Å². The van der Waals surface area contributed by atoms with Crippen LogP contribution in [-0.4, -0.2) is 43.2 Å². The van der Waals surface area contributed by atoms with Crippen molar-refractivity contribution in [2.45, 2.75) is 31.3 Å². The van der Waals surface area contributed by atoms with Gasteiger partial charge >= 0.3 is 0 Å². The number of amides is 1. The summed E-state index contributed by atoms with van der Waals surface area (Å²) in [5.41, 5.74) is 6.90. The number of aryl methyl sites for hydroxylation is 1. The van der Waals surface area contributed by atoms with Crippen LogP contribution < -0.4 is 5.73 Å². The predicted octanol–water partition coefficient (Wildman–Crippen LogP) is 1.78. The van der Waals surface area contributed by atoms with Gasteiger partial charge in [-0.3, -0.25) is 4.79 Å². The van der Waals surface area contributed by atoms with E-state index >= 15 is 0 Å².